The van der Waals surface area contributed by atoms with Gasteiger partial charge in [-0.25, -0.2) is 22.8 Å². The normalized spacial score (nSPS) is 18.1. The second-order valence-electron chi connectivity index (χ2n) is 3.98. The largest absolute Gasteiger partial charge is 0.480 e. The SMILES string of the molecule is O=C(O)[C@@H]1CSCN1C(=O)Nc1ccc(F)c(F)c1F. The fourth-order valence-electron chi connectivity index (χ4n) is 1.66. The molecule has 1 aromatic rings. The zero-order chi connectivity index (χ0) is 14.9. The summed E-state index contributed by atoms with van der Waals surface area (Å²) in [6, 6.07) is -0.382. The van der Waals surface area contributed by atoms with Gasteiger partial charge in [-0.2, -0.15) is 0 Å². The van der Waals surface area contributed by atoms with E-state index < -0.39 is 41.2 Å². The molecular weight excluding hydrogens is 297 g/mol. The Morgan fingerprint density at radius 3 is 2.65 bits per heavy atom. The number of nitrogens with zero attached hydrogens (tertiary/aromatic N) is 1. The van der Waals surface area contributed by atoms with Crippen LogP contribution in [0, 0.1) is 17.5 Å². The Morgan fingerprint density at radius 1 is 1.30 bits per heavy atom. The number of thioether (sulfide) groups is 1. The van der Waals surface area contributed by atoms with E-state index in [0.29, 0.717) is 6.07 Å². The van der Waals surface area contributed by atoms with E-state index in [0.717, 1.165) is 11.0 Å². The van der Waals surface area contributed by atoms with E-state index in [-0.39, 0.29) is 11.6 Å². The fourth-order valence-corrected chi connectivity index (χ4v) is 2.80. The number of carbonyl (C=O) groups is 2. The highest BCUT2D eigenvalue weighted by molar-refractivity contribution is 7.99. The molecule has 0 radical (unpaired) electrons. The Hall–Kier alpha value is -1.90. The molecule has 0 aromatic heterocycles. The molecule has 0 aliphatic carbocycles. The molecule has 0 spiro atoms. The lowest BCUT2D eigenvalue weighted by Crippen LogP contribution is -2.44. The number of halogens is 3. The Bertz CT molecular complexity index is 570. The van der Waals surface area contributed by atoms with E-state index in [1.165, 1.54) is 11.8 Å². The third-order valence-electron chi connectivity index (χ3n) is 2.71. The lowest BCUT2D eigenvalue weighted by Gasteiger charge is -2.21. The minimum Gasteiger partial charge on any atom is -0.480 e. The molecule has 9 heteroatoms. The fraction of sp³-hybridized carbons (Fsp3) is 0.273. The number of hydrogen-bond acceptors (Lipinski definition) is 3. The van der Waals surface area contributed by atoms with Crippen LogP contribution in [-0.4, -0.2) is 39.7 Å². The zero-order valence-corrected chi connectivity index (χ0v) is 10.7. The van der Waals surface area contributed by atoms with Gasteiger partial charge in [-0.1, -0.05) is 0 Å². The van der Waals surface area contributed by atoms with Gasteiger partial charge >= 0.3 is 12.0 Å². The maximum absolute atomic E-state index is 13.4. The average Bonchev–Trinajstić information content (AvgIpc) is 2.89. The molecule has 1 saturated heterocycles. The summed E-state index contributed by atoms with van der Waals surface area (Å²) in [5, 5.41) is 10.9. The molecule has 5 nitrogen and oxygen atoms in total. The molecule has 20 heavy (non-hydrogen) atoms. The van der Waals surface area contributed by atoms with Gasteiger partial charge in [0.1, 0.15) is 6.04 Å². The second-order valence-corrected chi connectivity index (χ2v) is 4.98. The van der Waals surface area contributed by atoms with Crippen molar-refractivity contribution in [2.75, 3.05) is 16.9 Å². The number of nitrogens with one attached hydrogen (secondary N) is 1. The molecule has 1 atom stereocenters. The molecule has 1 heterocycles. The van der Waals surface area contributed by atoms with E-state index in [4.69, 9.17) is 5.11 Å². The van der Waals surface area contributed by atoms with Crippen LogP contribution in [0.4, 0.5) is 23.7 Å². The van der Waals surface area contributed by atoms with Crippen molar-refractivity contribution >= 4 is 29.4 Å². The number of benzene rings is 1. The van der Waals surface area contributed by atoms with Gasteiger partial charge in [0.15, 0.2) is 17.5 Å². The van der Waals surface area contributed by atoms with Gasteiger partial charge in [0.25, 0.3) is 0 Å². The Balaban J connectivity index is 2.16. The average molecular weight is 306 g/mol. The van der Waals surface area contributed by atoms with Crippen molar-refractivity contribution < 1.29 is 27.9 Å². The number of urea groups is 1. The van der Waals surface area contributed by atoms with Crippen molar-refractivity contribution in [2.45, 2.75) is 6.04 Å². The minimum atomic E-state index is -1.70. The van der Waals surface area contributed by atoms with E-state index in [2.05, 4.69) is 0 Å². The van der Waals surface area contributed by atoms with Crippen LogP contribution in [0.5, 0.6) is 0 Å². The molecule has 2 amide bonds. The van der Waals surface area contributed by atoms with Gasteiger partial charge in [-0.3, -0.25) is 0 Å². The van der Waals surface area contributed by atoms with Crippen molar-refractivity contribution in [1.82, 2.24) is 4.90 Å². The topological polar surface area (TPSA) is 69.6 Å². The van der Waals surface area contributed by atoms with Gasteiger partial charge in [-0.05, 0) is 12.1 Å². The lowest BCUT2D eigenvalue weighted by atomic mass is 10.2. The number of anilines is 1. The number of carboxylic acid groups (broad SMARTS) is 1. The van der Waals surface area contributed by atoms with Gasteiger partial charge in [0.05, 0.1) is 11.6 Å². The van der Waals surface area contributed by atoms with Crippen molar-refractivity contribution in [3.63, 3.8) is 0 Å². The number of hydrogen-bond donors (Lipinski definition) is 2. The number of amides is 2. The highest BCUT2D eigenvalue weighted by Crippen LogP contribution is 2.24. The third kappa shape index (κ3) is 2.67. The predicted octanol–water partition coefficient (Wildman–Crippen LogP) is 2.10. The van der Waals surface area contributed by atoms with Crippen LogP contribution in [0.1, 0.15) is 0 Å². The highest BCUT2D eigenvalue weighted by Gasteiger charge is 2.35. The molecule has 1 fully saturated rings. The molecule has 1 aliphatic heterocycles. The van der Waals surface area contributed by atoms with Gasteiger partial charge in [0.2, 0.25) is 0 Å². The predicted molar refractivity (Wildman–Crippen MR) is 65.9 cm³/mol. The summed E-state index contributed by atoms with van der Waals surface area (Å²) in [5.41, 5.74) is -0.546. The summed E-state index contributed by atoms with van der Waals surface area (Å²) < 4.78 is 39.2. The summed E-state index contributed by atoms with van der Waals surface area (Å²) in [4.78, 5) is 23.7. The molecule has 2 rings (SSSR count). The van der Waals surface area contributed by atoms with Crippen LogP contribution < -0.4 is 5.32 Å². The number of rotatable bonds is 2. The van der Waals surface area contributed by atoms with Crippen molar-refractivity contribution in [3.8, 4) is 0 Å². The van der Waals surface area contributed by atoms with E-state index >= 15 is 0 Å². The van der Waals surface area contributed by atoms with Crippen LogP contribution in [0.2, 0.25) is 0 Å². The van der Waals surface area contributed by atoms with Crippen LogP contribution >= 0.6 is 11.8 Å². The molecule has 0 saturated carbocycles. The van der Waals surface area contributed by atoms with Crippen molar-refractivity contribution in [1.29, 1.82) is 0 Å². The van der Waals surface area contributed by atoms with Crippen LogP contribution in [0.15, 0.2) is 12.1 Å². The molecule has 0 unspecified atom stereocenters. The van der Waals surface area contributed by atoms with E-state index in [9.17, 15) is 22.8 Å². The first-order valence-corrected chi connectivity index (χ1v) is 6.59. The Morgan fingerprint density at radius 2 is 2.00 bits per heavy atom. The molecule has 0 bridgehead atoms. The summed E-state index contributed by atoms with van der Waals surface area (Å²) >= 11 is 1.22. The third-order valence-corrected chi connectivity index (χ3v) is 3.72. The second kappa shape index (κ2) is 5.61. The molecule has 1 aliphatic rings. The summed E-state index contributed by atoms with van der Waals surface area (Å²) in [6.07, 6.45) is 0. The standard InChI is InChI=1S/C11H9F3N2O3S/c12-5-1-2-6(9(14)8(5)13)15-11(19)16-4-20-3-7(16)10(17)18/h1-2,7H,3-4H2,(H,15,19)(H,17,18)/t7-/m0/s1. The summed E-state index contributed by atoms with van der Waals surface area (Å²) in [6.45, 7) is 0. The van der Waals surface area contributed by atoms with Gasteiger partial charge < -0.3 is 15.3 Å². The quantitative estimate of drug-likeness (QED) is 0.821. The summed E-state index contributed by atoms with van der Waals surface area (Å²) in [5.74, 6) is -5.46. The smallest absolute Gasteiger partial charge is 0.327 e. The van der Waals surface area contributed by atoms with Crippen molar-refractivity contribution in [2.24, 2.45) is 0 Å². The van der Waals surface area contributed by atoms with E-state index in [1.807, 2.05) is 5.32 Å². The Kier molecular flexibility index (Phi) is 4.07. The molecule has 2 N–H and O–H groups in total. The van der Waals surface area contributed by atoms with Crippen LogP contribution in [0.3, 0.4) is 0 Å². The first-order valence-electron chi connectivity index (χ1n) is 5.43. The molecule has 108 valence electrons. The number of aliphatic carboxylic acids is 1. The van der Waals surface area contributed by atoms with Crippen LogP contribution in [-0.2, 0) is 4.79 Å². The zero-order valence-electron chi connectivity index (χ0n) is 9.90. The maximum atomic E-state index is 13.4. The molecule has 1 aromatic carbocycles. The first kappa shape index (κ1) is 14.5. The Labute approximate surface area is 115 Å². The summed E-state index contributed by atoms with van der Waals surface area (Å²) in [7, 11) is 0. The van der Waals surface area contributed by atoms with Crippen LogP contribution in [0.25, 0.3) is 0 Å². The highest BCUT2D eigenvalue weighted by atomic mass is 32.2. The first-order chi connectivity index (χ1) is 9.41. The molecular formula is C11H9F3N2O3S. The number of carbonyl (C=O) groups excluding carboxylic acids is 1. The van der Waals surface area contributed by atoms with E-state index in [1.54, 1.807) is 0 Å². The van der Waals surface area contributed by atoms with Gasteiger partial charge in [0, 0.05) is 5.75 Å². The maximum Gasteiger partial charge on any atom is 0.327 e. The van der Waals surface area contributed by atoms with Gasteiger partial charge in [-0.15, -0.1) is 11.8 Å². The van der Waals surface area contributed by atoms with Crippen molar-refractivity contribution in [3.05, 3.63) is 29.6 Å². The minimum absolute atomic E-state index is 0.119. The number of carboxylic acids is 1. The lowest BCUT2D eigenvalue weighted by molar-refractivity contribution is -0.140. The monoisotopic (exact) mass is 306 g/mol.